The lowest BCUT2D eigenvalue weighted by atomic mass is 10.1. The first-order valence-corrected chi connectivity index (χ1v) is 9.64. The molecule has 1 atom stereocenters. The van der Waals surface area contributed by atoms with E-state index < -0.39 is 0 Å². The first kappa shape index (κ1) is 19.8. The molecule has 156 valence electrons. The van der Waals surface area contributed by atoms with E-state index in [1.807, 2.05) is 49.3 Å². The van der Waals surface area contributed by atoms with Crippen molar-refractivity contribution in [2.24, 2.45) is 0 Å². The van der Waals surface area contributed by atoms with Crippen molar-refractivity contribution < 1.29 is 18.8 Å². The van der Waals surface area contributed by atoms with Crippen LogP contribution >= 0.6 is 0 Å². The Bertz CT molecular complexity index is 1050. The lowest BCUT2D eigenvalue weighted by Crippen LogP contribution is -2.24. The van der Waals surface area contributed by atoms with Gasteiger partial charge in [-0.25, -0.2) is 0 Å². The van der Waals surface area contributed by atoms with Gasteiger partial charge in [0.25, 0.3) is 0 Å². The van der Waals surface area contributed by atoms with Gasteiger partial charge >= 0.3 is 0 Å². The maximum absolute atomic E-state index is 12.7. The molecule has 2 aromatic carbocycles. The van der Waals surface area contributed by atoms with E-state index in [1.54, 1.807) is 31.3 Å². The van der Waals surface area contributed by atoms with Crippen LogP contribution in [-0.4, -0.2) is 50.9 Å². The second kappa shape index (κ2) is 8.06. The van der Waals surface area contributed by atoms with E-state index >= 15 is 0 Å². The standard InChI is InChI=1S/C22H24N4O4/c1-25(2)16-7-5-14(6-8-16)21-23-22(30-24-21)15-11-20(27)26(13-15)17-9-10-18(28-3)19(12-17)29-4/h5-10,12,15H,11,13H2,1-4H3/t15-/m0/s1. The van der Waals surface area contributed by atoms with Crippen molar-refractivity contribution in [3.8, 4) is 22.9 Å². The molecule has 0 spiro atoms. The van der Waals surface area contributed by atoms with Crippen LogP contribution in [0.5, 0.6) is 11.5 Å². The minimum Gasteiger partial charge on any atom is -0.493 e. The monoisotopic (exact) mass is 408 g/mol. The van der Waals surface area contributed by atoms with Crippen LogP contribution in [0.2, 0.25) is 0 Å². The van der Waals surface area contributed by atoms with Crippen LogP contribution in [0.1, 0.15) is 18.2 Å². The third-order valence-electron chi connectivity index (χ3n) is 5.24. The molecule has 0 N–H and O–H groups in total. The normalized spacial score (nSPS) is 16.1. The Kier molecular flexibility index (Phi) is 5.31. The van der Waals surface area contributed by atoms with E-state index in [0.29, 0.717) is 36.2 Å². The van der Waals surface area contributed by atoms with Gasteiger partial charge in [-0.05, 0) is 36.4 Å². The first-order chi connectivity index (χ1) is 14.5. The number of carbonyl (C=O) groups excluding carboxylic acids is 1. The highest BCUT2D eigenvalue weighted by atomic mass is 16.5. The summed E-state index contributed by atoms with van der Waals surface area (Å²) >= 11 is 0. The largest absolute Gasteiger partial charge is 0.493 e. The lowest BCUT2D eigenvalue weighted by Gasteiger charge is -2.18. The number of anilines is 2. The maximum atomic E-state index is 12.7. The number of hydrogen-bond donors (Lipinski definition) is 0. The van der Waals surface area contributed by atoms with E-state index in [-0.39, 0.29) is 11.8 Å². The fourth-order valence-electron chi connectivity index (χ4n) is 3.54. The molecular weight excluding hydrogens is 384 g/mol. The zero-order valence-electron chi connectivity index (χ0n) is 17.5. The molecule has 0 aliphatic carbocycles. The molecule has 0 unspecified atom stereocenters. The summed E-state index contributed by atoms with van der Waals surface area (Å²) in [4.78, 5) is 20.9. The van der Waals surface area contributed by atoms with Crippen molar-refractivity contribution >= 4 is 17.3 Å². The molecule has 2 heterocycles. The van der Waals surface area contributed by atoms with Gasteiger partial charge in [-0.3, -0.25) is 4.79 Å². The Morgan fingerprint density at radius 3 is 2.47 bits per heavy atom. The molecule has 1 fully saturated rings. The molecule has 1 aromatic heterocycles. The van der Waals surface area contributed by atoms with Crippen LogP contribution in [0.4, 0.5) is 11.4 Å². The Balaban J connectivity index is 1.52. The van der Waals surface area contributed by atoms with E-state index in [9.17, 15) is 4.79 Å². The van der Waals surface area contributed by atoms with E-state index in [2.05, 4.69) is 10.1 Å². The molecule has 1 aliphatic rings. The molecule has 8 nitrogen and oxygen atoms in total. The molecule has 1 saturated heterocycles. The number of hydrogen-bond acceptors (Lipinski definition) is 7. The Hall–Kier alpha value is -3.55. The second-order valence-corrected chi connectivity index (χ2v) is 7.34. The number of rotatable bonds is 6. The molecule has 1 aliphatic heterocycles. The Labute approximate surface area is 175 Å². The summed E-state index contributed by atoms with van der Waals surface area (Å²) in [7, 11) is 7.13. The van der Waals surface area contributed by atoms with Gasteiger partial charge in [0.05, 0.1) is 20.1 Å². The van der Waals surface area contributed by atoms with Crippen LogP contribution in [0.15, 0.2) is 47.0 Å². The van der Waals surface area contributed by atoms with Gasteiger partial charge in [0, 0.05) is 50.1 Å². The number of benzene rings is 2. The van der Waals surface area contributed by atoms with Crippen molar-refractivity contribution in [2.45, 2.75) is 12.3 Å². The minimum atomic E-state index is -0.159. The fraction of sp³-hybridized carbons (Fsp3) is 0.318. The smallest absolute Gasteiger partial charge is 0.232 e. The highest BCUT2D eigenvalue weighted by molar-refractivity contribution is 5.96. The molecule has 0 bridgehead atoms. The molecule has 0 radical (unpaired) electrons. The van der Waals surface area contributed by atoms with E-state index in [4.69, 9.17) is 14.0 Å². The van der Waals surface area contributed by atoms with Gasteiger partial charge in [0.1, 0.15) is 0 Å². The van der Waals surface area contributed by atoms with Crippen LogP contribution in [-0.2, 0) is 4.79 Å². The zero-order chi connectivity index (χ0) is 21.3. The fourth-order valence-corrected chi connectivity index (χ4v) is 3.54. The SMILES string of the molecule is COc1ccc(N2C[C@@H](c3nc(-c4ccc(N(C)C)cc4)no3)CC2=O)cc1OC. The predicted octanol–water partition coefficient (Wildman–Crippen LogP) is 3.34. The first-order valence-electron chi connectivity index (χ1n) is 9.64. The maximum Gasteiger partial charge on any atom is 0.232 e. The summed E-state index contributed by atoms with van der Waals surface area (Å²) in [6.07, 6.45) is 0.315. The van der Waals surface area contributed by atoms with Crippen molar-refractivity contribution in [2.75, 3.05) is 44.7 Å². The van der Waals surface area contributed by atoms with Gasteiger partial charge in [0.2, 0.25) is 17.6 Å². The summed E-state index contributed by atoms with van der Waals surface area (Å²) in [6.45, 7) is 0.468. The van der Waals surface area contributed by atoms with Gasteiger partial charge in [-0.1, -0.05) is 5.16 Å². The van der Waals surface area contributed by atoms with Gasteiger partial charge in [-0.2, -0.15) is 4.98 Å². The average molecular weight is 408 g/mol. The molecule has 4 rings (SSSR count). The second-order valence-electron chi connectivity index (χ2n) is 7.34. The molecule has 0 saturated carbocycles. The average Bonchev–Trinajstić information content (AvgIpc) is 3.40. The van der Waals surface area contributed by atoms with Crippen molar-refractivity contribution in [1.82, 2.24) is 10.1 Å². The Morgan fingerprint density at radius 2 is 1.80 bits per heavy atom. The highest BCUT2D eigenvalue weighted by Gasteiger charge is 2.35. The summed E-state index contributed by atoms with van der Waals surface area (Å²) in [5.41, 5.74) is 2.71. The van der Waals surface area contributed by atoms with Crippen LogP contribution in [0, 0.1) is 0 Å². The highest BCUT2D eigenvalue weighted by Crippen LogP contribution is 2.36. The third-order valence-corrected chi connectivity index (χ3v) is 5.24. The third kappa shape index (κ3) is 3.68. The Morgan fingerprint density at radius 1 is 1.07 bits per heavy atom. The molecule has 3 aromatic rings. The predicted molar refractivity (Wildman–Crippen MR) is 113 cm³/mol. The molecule has 1 amide bonds. The van der Waals surface area contributed by atoms with E-state index in [0.717, 1.165) is 16.9 Å². The number of nitrogens with zero attached hydrogens (tertiary/aromatic N) is 4. The molecular formula is C22H24N4O4. The summed E-state index contributed by atoms with van der Waals surface area (Å²) in [5, 5.41) is 4.11. The topological polar surface area (TPSA) is 80.9 Å². The number of ether oxygens (including phenoxy) is 2. The van der Waals surface area contributed by atoms with Crippen molar-refractivity contribution in [3.63, 3.8) is 0 Å². The van der Waals surface area contributed by atoms with Crippen molar-refractivity contribution in [3.05, 3.63) is 48.4 Å². The van der Waals surface area contributed by atoms with Crippen molar-refractivity contribution in [1.29, 1.82) is 0 Å². The van der Waals surface area contributed by atoms with Crippen LogP contribution in [0.3, 0.4) is 0 Å². The number of amides is 1. The molecule has 8 heteroatoms. The zero-order valence-corrected chi connectivity index (χ0v) is 17.5. The van der Waals surface area contributed by atoms with Gasteiger partial charge in [-0.15, -0.1) is 0 Å². The van der Waals surface area contributed by atoms with Crippen LogP contribution < -0.4 is 19.3 Å². The van der Waals surface area contributed by atoms with Gasteiger partial charge in [0.15, 0.2) is 11.5 Å². The summed E-state index contributed by atoms with van der Waals surface area (Å²) in [6, 6.07) is 13.3. The minimum absolute atomic E-state index is 0.00214. The lowest BCUT2D eigenvalue weighted by molar-refractivity contribution is -0.117. The number of carbonyl (C=O) groups is 1. The van der Waals surface area contributed by atoms with Gasteiger partial charge < -0.3 is 23.8 Å². The quantitative estimate of drug-likeness (QED) is 0.619. The molecule has 30 heavy (non-hydrogen) atoms. The van der Waals surface area contributed by atoms with Crippen LogP contribution in [0.25, 0.3) is 11.4 Å². The summed E-state index contributed by atoms with van der Waals surface area (Å²) in [5.74, 6) is 2.03. The number of methoxy groups -OCH3 is 2. The van der Waals surface area contributed by atoms with E-state index in [1.165, 1.54) is 0 Å². The number of aromatic nitrogens is 2. The summed E-state index contributed by atoms with van der Waals surface area (Å²) < 4.78 is 16.1.